The van der Waals surface area contributed by atoms with Gasteiger partial charge in [-0.15, -0.1) is 0 Å². The summed E-state index contributed by atoms with van der Waals surface area (Å²) in [6.07, 6.45) is 0.962. The zero-order valence-electron chi connectivity index (χ0n) is 15.2. The standard InChI is InChI=1S/C22H20FNO3S/c23-18-9-11-19(12-10-18)28(26,27)20-14-24(15-20)22(25)13-8-17-6-3-5-16-4-1-2-7-21(16)17/h1-7,9-12,20H,8,13-15H2. The summed E-state index contributed by atoms with van der Waals surface area (Å²) >= 11 is 0. The van der Waals surface area contributed by atoms with Gasteiger partial charge in [0.25, 0.3) is 0 Å². The molecule has 0 bridgehead atoms. The summed E-state index contributed by atoms with van der Waals surface area (Å²) in [6.45, 7) is 0.377. The highest BCUT2D eigenvalue weighted by Crippen LogP contribution is 2.25. The minimum Gasteiger partial charge on any atom is -0.340 e. The van der Waals surface area contributed by atoms with Crippen LogP contribution in [0.15, 0.2) is 71.6 Å². The highest BCUT2D eigenvalue weighted by molar-refractivity contribution is 7.92. The maximum Gasteiger partial charge on any atom is 0.222 e. The maximum atomic E-state index is 13.0. The molecule has 1 fully saturated rings. The second-order valence-corrected chi connectivity index (χ2v) is 9.29. The Morgan fingerprint density at radius 1 is 0.964 bits per heavy atom. The average molecular weight is 397 g/mol. The van der Waals surface area contributed by atoms with E-state index >= 15 is 0 Å². The van der Waals surface area contributed by atoms with E-state index in [0.717, 1.165) is 28.5 Å². The molecule has 1 aliphatic rings. The van der Waals surface area contributed by atoms with Gasteiger partial charge in [-0.05, 0) is 47.0 Å². The van der Waals surface area contributed by atoms with Crippen LogP contribution in [-0.2, 0) is 21.1 Å². The van der Waals surface area contributed by atoms with Crippen LogP contribution in [0.2, 0.25) is 0 Å². The van der Waals surface area contributed by atoms with Crippen molar-refractivity contribution < 1.29 is 17.6 Å². The molecule has 0 spiro atoms. The van der Waals surface area contributed by atoms with Crippen molar-refractivity contribution in [1.29, 1.82) is 0 Å². The number of rotatable bonds is 5. The molecule has 0 saturated carbocycles. The molecule has 3 aromatic carbocycles. The van der Waals surface area contributed by atoms with Crippen LogP contribution in [0.3, 0.4) is 0 Å². The van der Waals surface area contributed by atoms with Gasteiger partial charge in [-0.2, -0.15) is 0 Å². The molecule has 0 aromatic heterocycles. The van der Waals surface area contributed by atoms with E-state index in [0.29, 0.717) is 12.8 Å². The Morgan fingerprint density at radius 2 is 1.64 bits per heavy atom. The number of amides is 1. The predicted octanol–water partition coefficient (Wildman–Crippen LogP) is 3.60. The van der Waals surface area contributed by atoms with Crippen LogP contribution < -0.4 is 0 Å². The fourth-order valence-corrected chi connectivity index (χ4v) is 5.22. The Morgan fingerprint density at radius 3 is 2.39 bits per heavy atom. The molecular formula is C22H20FNO3S. The van der Waals surface area contributed by atoms with E-state index in [1.165, 1.54) is 12.1 Å². The largest absolute Gasteiger partial charge is 0.340 e. The molecule has 1 amide bonds. The van der Waals surface area contributed by atoms with Crippen LogP contribution in [0.1, 0.15) is 12.0 Å². The summed E-state index contributed by atoms with van der Waals surface area (Å²) < 4.78 is 38.1. The van der Waals surface area contributed by atoms with E-state index in [1.807, 2.05) is 42.5 Å². The van der Waals surface area contributed by atoms with E-state index in [2.05, 4.69) is 0 Å². The smallest absolute Gasteiger partial charge is 0.222 e. The Kier molecular flexibility index (Phi) is 4.89. The Bertz CT molecular complexity index is 1110. The Hall–Kier alpha value is -2.73. The zero-order chi connectivity index (χ0) is 19.7. The number of aryl methyl sites for hydroxylation is 1. The first-order valence-corrected chi connectivity index (χ1v) is 10.7. The number of sulfone groups is 1. The molecule has 0 N–H and O–H groups in total. The Labute approximate surface area is 163 Å². The second-order valence-electron chi connectivity index (χ2n) is 7.06. The van der Waals surface area contributed by atoms with Gasteiger partial charge < -0.3 is 4.90 Å². The summed E-state index contributed by atoms with van der Waals surface area (Å²) in [5.74, 6) is -0.517. The lowest BCUT2D eigenvalue weighted by atomic mass is 10.0. The number of hydrogen-bond donors (Lipinski definition) is 0. The third-order valence-electron chi connectivity index (χ3n) is 5.27. The Balaban J connectivity index is 1.37. The van der Waals surface area contributed by atoms with Crippen LogP contribution in [0.25, 0.3) is 10.8 Å². The molecule has 1 heterocycles. The van der Waals surface area contributed by atoms with Gasteiger partial charge in [0.15, 0.2) is 9.84 Å². The lowest BCUT2D eigenvalue weighted by Gasteiger charge is -2.38. The van der Waals surface area contributed by atoms with E-state index in [4.69, 9.17) is 0 Å². The summed E-state index contributed by atoms with van der Waals surface area (Å²) in [5, 5.41) is 1.65. The summed E-state index contributed by atoms with van der Waals surface area (Å²) in [5.41, 5.74) is 1.11. The first-order valence-electron chi connectivity index (χ1n) is 9.19. The quantitative estimate of drug-likeness (QED) is 0.618. The number of nitrogens with zero attached hydrogens (tertiary/aromatic N) is 1. The van der Waals surface area contributed by atoms with Gasteiger partial charge in [-0.25, -0.2) is 12.8 Å². The van der Waals surface area contributed by atoms with Crippen LogP contribution in [0, 0.1) is 5.82 Å². The molecule has 0 atom stereocenters. The minimum atomic E-state index is -3.54. The van der Waals surface area contributed by atoms with E-state index in [1.54, 1.807) is 4.90 Å². The fourth-order valence-electron chi connectivity index (χ4n) is 3.56. The van der Waals surface area contributed by atoms with Crippen molar-refractivity contribution in [1.82, 2.24) is 4.90 Å². The lowest BCUT2D eigenvalue weighted by molar-refractivity contribution is -0.134. The van der Waals surface area contributed by atoms with Crippen LogP contribution >= 0.6 is 0 Å². The average Bonchev–Trinajstić information content (AvgIpc) is 2.65. The lowest BCUT2D eigenvalue weighted by Crippen LogP contribution is -2.56. The topological polar surface area (TPSA) is 54.5 Å². The van der Waals surface area contributed by atoms with Crippen molar-refractivity contribution >= 4 is 26.5 Å². The number of carbonyl (C=O) groups is 1. The molecule has 4 rings (SSSR count). The van der Waals surface area contributed by atoms with Crippen molar-refractivity contribution in [3.63, 3.8) is 0 Å². The molecule has 0 radical (unpaired) electrons. The molecule has 1 saturated heterocycles. The normalized spacial score (nSPS) is 14.8. The summed E-state index contributed by atoms with van der Waals surface area (Å²) in [4.78, 5) is 14.1. The maximum absolute atomic E-state index is 13.0. The van der Waals surface area contributed by atoms with Gasteiger partial charge in [0.05, 0.1) is 4.90 Å². The first-order chi connectivity index (χ1) is 13.4. The highest BCUT2D eigenvalue weighted by atomic mass is 32.2. The van der Waals surface area contributed by atoms with E-state index in [9.17, 15) is 17.6 Å². The number of halogens is 1. The van der Waals surface area contributed by atoms with Gasteiger partial charge in [-0.3, -0.25) is 4.79 Å². The fraction of sp³-hybridized carbons (Fsp3) is 0.227. The molecule has 144 valence electrons. The van der Waals surface area contributed by atoms with Crippen molar-refractivity contribution in [3.05, 3.63) is 78.1 Å². The third kappa shape index (κ3) is 3.52. The van der Waals surface area contributed by atoms with Gasteiger partial charge in [-0.1, -0.05) is 42.5 Å². The molecule has 28 heavy (non-hydrogen) atoms. The molecular weight excluding hydrogens is 377 g/mol. The van der Waals surface area contributed by atoms with E-state index < -0.39 is 20.9 Å². The molecule has 3 aromatic rings. The molecule has 4 nitrogen and oxygen atoms in total. The minimum absolute atomic E-state index is 0.0431. The third-order valence-corrected chi connectivity index (χ3v) is 7.37. The van der Waals surface area contributed by atoms with Crippen LogP contribution in [0.5, 0.6) is 0 Å². The van der Waals surface area contributed by atoms with Gasteiger partial charge >= 0.3 is 0 Å². The number of fused-ring (bicyclic) bond motifs is 1. The van der Waals surface area contributed by atoms with Crippen molar-refractivity contribution in [2.45, 2.75) is 23.0 Å². The highest BCUT2D eigenvalue weighted by Gasteiger charge is 2.40. The van der Waals surface area contributed by atoms with Gasteiger partial charge in [0.2, 0.25) is 5.91 Å². The van der Waals surface area contributed by atoms with Gasteiger partial charge in [0, 0.05) is 19.5 Å². The first kappa shape index (κ1) is 18.6. The van der Waals surface area contributed by atoms with Crippen molar-refractivity contribution in [3.8, 4) is 0 Å². The second kappa shape index (κ2) is 7.36. The van der Waals surface area contributed by atoms with Crippen LogP contribution in [-0.4, -0.2) is 37.6 Å². The molecule has 1 aliphatic heterocycles. The molecule has 6 heteroatoms. The SMILES string of the molecule is O=C(CCc1cccc2ccccc12)N1CC(S(=O)(=O)c2ccc(F)cc2)C1. The summed E-state index contributed by atoms with van der Waals surface area (Å²) in [7, 11) is -3.54. The number of likely N-dealkylation sites (tertiary alicyclic amines) is 1. The monoisotopic (exact) mass is 397 g/mol. The number of benzene rings is 3. The van der Waals surface area contributed by atoms with Crippen LogP contribution in [0.4, 0.5) is 4.39 Å². The molecule has 0 unspecified atom stereocenters. The van der Waals surface area contributed by atoms with Gasteiger partial charge in [0.1, 0.15) is 11.1 Å². The summed E-state index contributed by atoms with van der Waals surface area (Å²) in [6, 6.07) is 18.9. The number of hydrogen-bond acceptors (Lipinski definition) is 3. The van der Waals surface area contributed by atoms with Crippen molar-refractivity contribution in [2.75, 3.05) is 13.1 Å². The predicted molar refractivity (Wildman–Crippen MR) is 106 cm³/mol. The van der Waals surface area contributed by atoms with E-state index in [-0.39, 0.29) is 23.9 Å². The molecule has 0 aliphatic carbocycles. The zero-order valence-corrected chi connectivity index (χ0v) is 16.0. The number of carbonyl (C=O) groups excluding carboxylic acids is 1. The van der Waals surface area contributed by atoms with Crippen molar-refractivity contribution in [2.24, 2.45) is 0 Å².